The van der Waals surface area contributed by atoms with Crippen molar-refractivity contribution in [3.05, 3.63) is 0 Å². The molecule has 2 aliphatic carbocycles. The highest BCUT2D eigenvalue weighted by Crippen LogP contribution is 2.42. The molecular formula is C15H28N2O. The summed E-state index contributed by atoms with van der Waals surface area (Å²) in [6, 6.07) is 0.617. The van der Waals surface area contributed by atoms with Gasteiger partial charge < -0.3 is 10.6 Å². The fourth-order valence-electron chi connectivity index (χ4n) is 3.32. The minimum absolute atomic E-state index is 0.178. The van der Waals surface area contributed by atoms with Crippen molar-refractivity contribution in [3.8, 4) is 0 Å². The molecule has 0 bridgehead atoms. The van der Waals surface area contributed by atoms with Gasteiger partial charge >= 0.3 is 0 Å². The van der Waals surface area contributed by atoms with Gasteiger partial charge in [0.1, 0.15) is 0 Å². The average Bonchev–Trinajstić information content (AvgIpc) is 3.04. The maximum absolute atomic E-state index is 11.8. The largest absolute Gasteiger partial charge is 0.354 e. The Balaban J connectivity index is 1.72. The Morgan fingerprint density at radius 1 is 1.28 bits per heavy atom. The van der Waals surface area contributed by atoms with Gasteiger partial charge in [-0.15, -0.1) is 0 Å². The lowest BCUT2D eigenvalue weighted by molar-refractivity contribution is -0.120. The van der Waals surface area contributed by atoms with Crippen LogP contribution in [0.15, 0.2) is 0 Å². The summed E-state index contributed by atoms with van der Waals surface area (Å²) >= 11 is 0. The molecule has 18 heavy (non-hydrogen) atoms. The van der Waals surface area contributed by atoms with Crippen LogP contribution >= 0.6 is 0 Å². The van der Waals surface area contributed by atoms with Gasteiger partial charge in [0, 0.05) is 12.6 Å². The van der Waals surface area contributed by atoms with Crippen LogP contribution in [0.3, 0.4) is 0 Å². The molecule has 0 spiro atoms. The highest BCUT2D eigenvalue weighted by molar-refractivity contribution is 5.78. The first-order valence-corrected chi connectivity index (χ1v) is 7.60. The molecule has 1 amide bonds. The van der Waals surface area contributed by atoms with Crippen molar-refractivity contribution >= 4 is 5.91 Å². The quantitative estimate of drug-likeness (QED) is 0.731. The number of carbonyl (C=O) groups is 1. The van der Waals surface area contributed by atoms with Gasteiger partial charge in [0.05, 0.1) is 6.54 Å². The van der Waals surface area contributed by atoms with E-state index in [2.05, 4.69) is 24.5 Å². The number of rotatable bonds is 7. The third-order valence-corrected chi connectivity index (χ3v) is 4.29. The highest BCUT2D eigenvalue weighted by Gasteiger charge is 2.34. The van der Waals surface area contributed by atoms with Gasteiger partial charge in [-0.25, -0.2) is 0 Å². The van der Waals surface area contributed by atoms with E-state index < -0.39 is 0 Å². The topological polar surface area (TPSA) is 41.1 Å². The molecule has 2 N–H and O–H groups in total. The molecule has 2 aliphatic rings. The minimum atomic E-state index is 0.178. The molecule has 0 aromatic carbocycles. The SMILES string of the molecule is CC(C)CC1(CNC(=O)CNC2CC2)CCCC1. The molecule has 0 aromatic rings. The smallest absolute Gasteiger partial charge is 0.233 e. The van der Waals surface area contributed by atoms with E-state index in [4.69, 9.17) is 0 Å². The minimum Gasteiger partial charge on any atom is -0.354 e. The lowest BCUT2D eigenvalue weighted by atomic mass is 9.78. The number of amides is 1. The summed E-state index contributed by atoms with van der Waals surface area (Å²) < 4.78 is 0. The highest BCUT2D eigenvalue weighted by atomic mass is 16.1. The Morgan fingerprint density at radius 2 is 1.94 bits per heavy atom. The van der Waals surface area contributed by atoms with Crippen LogP contribution in [0.4, 0.5) is 0 Å². The summed E-state index contributed by atoms with van der Waals surface area (Å²) in [5.74, 6) is 0.904. The molecule has 0 aromatic heterocycles. The zero-order chi connectivity index (χ0) is 13.0. The molecule has 104 valence electrons. The van der Waals surface area contributed by atoms with Crippen LogP contribution in [0.25, 0.3) is 0 Å². The van der Waals surface area contributed by atoms with Gasteiger partial charge in [0.2, 0.25) is 5.91 Å². The van der Waals surface area contributed by atoms with Crippen LogP contribution in [0, 0.1) is 11.3 Å². The summed E-state index contributed by atoms with van der Waals surface area (Å²) in [5.41, 5.74) is 0.392. The molecule has 3 heteroatoms. The van der Waals surface area contributed by atoms with Gasteiger partial charge in [-0.05, 0) is 43.4 Å². The second-order valence-corrected chi connectivity index (χ2v) is 6.74. The summed E-state index contributed by atoms with van der Waals surface area (Å²) in [4.78, 5) is 11.8. The van der Waals surface area contributed by atoms with Gasteiger partial charge in [-0.1, -0.05) is 26.7 Å². The normalized spacial score (nSPS) is 22.4. The van der Waals surface area contributed by atoms with Crippen molar-refractivity contribution in [2.45, 2.75) is 64.8 Å². The third kappa shape index (κ3) is 4.27. The maximum atomic E-state index is 11.8. The van der Waals surface area contributed by atoms with Crippen LogP contribution in [0.2, 0.25) is 0 Å². The lowest BCUT2D eigenvalue weighted by Gasteiger charge is -2.31. The standard InChI is InChI=1S/C15H28N2O/c1-12(2)9-15(7-3-4-8-15)11-17-14(18)10-16-13-5-6-13/h12-13,16H,3-11H2,1-2H3,(H,17,18). The zero-order valence-electron chi connectivity index (χ0n) is 11.9. The van der Waals surface area contributed by atoms with Crippen LogP contribution in [-0.4, -0.2) is 25.0 Å². The molecule has 2 fully saturated rings. The van der Waals surface area contributed by atoms with Crippen molar-refractivity contribution in [1.29, 1.82) is 0 Å². The van der Waals surface area contributed by atoms with Gasteiger partial charge in [-0.2, -0.15) is 0 Å². The third-order valence-electron chi connectivity index (χ3n) is 4.29. The van der Waals surface area contributed by atoms with Gasteiger partial charge in [-0.3, -0.25) is 4.79 Å². The number of hydrogen-bond acceptors (Lipinski definition) is 2. The number of carbonyl (C=O) groups excluding carboxylic acids is 1. The Morgan fingerprint density at radius 3 is 2.50 bits per heavy atom. The van der Waals surface area contributed by atoms with E-state index >= 15 is 0 Å². The fourth-order valence-corrected chi connectivity index (χ4v) is 3.32. The summed E-state index contributed by atoms with van der Waals surface area (Å²) in [7, 11) is 0. The van der Waals surface area contributed by atoms with E-state index in [-0.39, 0.29) is 5.91 Å². The average molecular weight is 252 g/mol. The van der Waals surface area contributed by atoms with E-state index in [1.807, 2.05) is 0 Å². The molecule has 0 saturated heterocycles. The maximum Gasteiger partial charge on any atom is 0.233 e. The first kappa shape index (κ1) is 13.9. The van der Waals surface area contributed by atoms with Crippen LogP contribution in [0.1, 0.15) is 58.8 Å². The molecule has 0 unspecified atom stereocenters. The Hall–Kier alpha value is -0.570. The Labute approximate surface area is 111 Å². The van der Waals surface area contributed by atoms with Gasteiger partial charge in [0.25, 0.3) is 0 Å². The van der Waals surface area contributed by atoms with Crippen molar-refractivity contribution in [2.75, 3.05) is 13.1 Å². The zero-order valence-corrected chi connectivity index (χ0v) is 11.9. The Bertz CT molecular complexity index is 278. The molecule has 2 rings (SSSR count). The fraction of sp³-hybridized carbons (Fsp3) is 0.933. The molecule has 0 atom stereocenters. The van der Waals surface area contributed by atoms with E-state index in [1.54, 1.807) is 0 Å². The molecule has 0 aliphatic heterocycles. The lowest BCUT2D eigenvalue weighted by Crippen LogP contribution is -2.41. The van der Waals surface area contributed by atoms with Crippen molar-refractivity contribution in [3.63, 3.8) is 0 Å². The molecule has 3 nitrogen and oxygen atoms in total. The van der Waals surface area contributed by atoms with Crippen molar-refractivity contribution < 1.29 is 4.79 Å². The summed E-state index contributed by atoms with van der Waals surface area (Å²) in [5, 5.41) is 6.43. The summed E-state index contributed by atoms with van der Waals surface area (Å²) in [6.07, 6.45) is 8.99. The Kier molecular flexibility index (Phi) is 4.66. The number of hydrogen-bond donors (Lipinski definition) is 2. The van der Waals surface area contributed by atoms with Crippen LogP contribution in [0.5, 0.6) is 0 Å². The number of nitrogens with one attached hydrogen (secondary N) is 2. The predicted octanol–water partition coefficient (Wildman–Crippen LogP) is 2.46. The first-order valence-electron chi connectivity index (χ1n) is 7.60. The predicted molar refractivity (Wildman–Crippen MR) is 74.4 cm³/mol. The second-order valence-electron chi connectivity index (χ2n) is 6.74. The monoisotopic (exact) mass is 252 g/mol. The second kappa shape index (κ2) is 6.05. The molecule has 0 radical (unpaired) electrons. The van der Waals surface area contributed by atoms with Crippen LogP contribution < -0.4 is 10.6 Å². The van der Waals surface area contributed by atoms with E-state index in [0.29, 0.717) is 18.0 Å². The van der Waals surface area contributed by atoms with E-state index in [0.717, 1.165) is 12.5 Å². The van der Waals surface area contributed by atoms with Crippen LogP contribution in [-0.2, 0) is 4.79 Å². The van der Waals surface area contributed by atoms with E-state index in [9.17, 15) is 4.79 Å². The molecule has 0 heterocycles. The van der Waals surface area contributed by atoms with Crippen molar-refractivity contribution in [2.24, 2.45) is 11.3 Å². The van der Waals surface area contributed by atoms with Crippen molar-refractivity contribution in [1.82, 2.24) is 10.6 Å². The molecular weight excluding hydrogens is 224 g/mol. The van der Waals surface area contributed by atoms with E-state index in [1.165, 1.54) is 44.9 Å². The van der Waals surface area contributed by atoms with Gasteiger partial charge in [0.15, 0.2) is 0 Å². The molecule has 2 saturated carbocycles. The summed E-state index contributed by atoms with van der Waals surface area (Å²) in [6.45, 7) is 5.96. The first-order chi connectivity index (χ1) is 8.60.